The Kier molecular flexibility index (Phi) is 5.54. The zero-order valence-electron chi connectivity index (χ0n) is 16.4. The van der Waals surface area contributed by atoms with E-state index >= 15 is 0 Å². The van der Waals surface area contributed by atoms with Crippen molar-refractivity contribution in [3.63, 3.8) is 0 Å². The van der Waals surface area contributed by atoms with Crippen LogP contribution in [0.1, 0.15) is 38.2 Å². The van der Waals surface area contributed by atoms with Crippen molar-refractivity contribution in [2.24, 2.45) is 11.3 Å². The summed E-state index contributed by atoms with van der Waals surface area (Å²) in [5.74, 6) is 0.521. The fourth-order valence-electron chi connectivity index (χ4n) is 4.44. The fourth-order valence-corrected chi connectivity index (χ4v) is 5.23. The molecule has 1 saturated carbocycles. The maximum atomic E-state index is 13.1. The van der Waals surface area contributed by atoms with Crippen molar-refractivity contribution in [2.75, 3.05) is 19.6 Å². The summed E-state index contributed by atoms with van der Waals surface area (Å²) in [6.45, 7) is 3.79. The van der Waals surface area contributed by atoms with Gasteiger partial charge in [0.1, 0.15) is 0 Å². The molecule has 4 rings (SSSR count). The summed E-state index contributed by atoms with van der Waals surface area (Å²) in [7, 11) is 0. The van der Waals surface area contributed by atoms with Crippen molar-refractivity contribution in [1.29, 1.82) is 0 Å². The second-order valence-corrected chi connectivity index (χ2v) is 9.04. The van der Waals surface area contributed by atoms with Crippen LogP contribution in [0.15, 0.2) is 41.8 Å². The molecule has 1 atom stereocenters. The molecule has 1 aliphatic heterocycles. The summed E-state index contributed by atoms with van der Waals surface area (Å²) < 4.78 is 0. The highest BCUT2D eigenvalue weighted by Gasteiger charge is 2.47. The van der Waals surface area contributed by atoms with Gasteiger partial charge in [-0.05, 0) is 55.2 Å². The Morgan fingerprint density at radius 3 is 2.71 bits per heavy atom. The van der Waals surface area contributed by atoms with Crippen LogP contribution in [0.25, 0.3) is 10.4 Å². The van der Waals surface area contributed by atoms with E-state index in [1.807, 2.05) is 17.9 Å². The van der Waals surface area contributed by atoms with Crippen molar-refractivity contribution < 1.29 is 9.59 Å². The first-order valence-electron chi connectivity index (χ1n) is 10.3. The molecule has 2 aliphatic rings. The highest BCUT2D eigenvalue weighted by Crippen LogP contribution is 2.40. The van der Waals surface area contributed by atoms with E-state index in [4.69, 9.17) is 0 Å². The lowest BCUT2D eigenvalue weighted by Gasteiger charge is -2.32. The van der Waals surface area contributed by atoms with Crippen LogP contribution in [0.4, 0.5) is 0 Å². The van der Waals surface area contributed by atoms with Crippen molar-refractivity contribution in [3.8, 4) is 10.4 Å². The lowest BCUT2D eigenvalue weighted by Crippen LogP contribution is -2.46. The summed E-state index contributed by atoms with van der Waals surface area (Å²) in [4.78, 5) is 29.1. The van der Waals surface area contributed by atoms with Gasteiger partial charge in [0.25, 0.3) is 0 Å². The summed E-state index contributed by atoms with van der Waals surface area (Å²) in [5.41, 5.74) is 1.85. The summed E-state index contributed by atoms with van der Waals surface area (Å²) in [5, 5.41) is 5.13. The zero-order valence-corrected chi connectivity index (χ0v) is 17.3. The van der Waals surface area contributed by atoms with E-state index in [0.717, 1.165) is 25.7 Å². The van der Waals surface area contributed by atoms with Gasteiger partial charge in [0, 0.05) is 30.4 Å². The molecular formula is C23H28N2O2S. The number of rotatable bonds is 6. The smallest absolute Gasteiger partial charge is 0.228 e. The van der Waals surface area contributed by atoms with Gasteiger partial charge in [-0.1, -0.05) is 36.8 Å². The van der Waals surface area contributed by atoms with Gasteiger partial charge in [0.05, 0.1) is 5.41 Å². The second-order valence-electron chi connectivity index (χ2n) is 8.09. The molecule has 0 spiro atoms. The van der Waals surface area contributed by atoms with E-state index in [1.54, 1.807) is 11.3 Å². The second kappa shape index (κ2) is 8.08. The molecule has 148 valence electrons. The number of hydrogen-bond acceptors (Lipinski definition) is 3. The van der Waals surface area contributed by atoms with Gasteiger partial charge in [0.15, 0.2) is 0 Å². The summed E-state index contributed by atoms with van der Waals surface area (Å²) in [6.07, 6.45) is 4.56. The SMILES string of the molecule is CCNC(=O)[C@@]1(Cc2ccccc2-c2cccs2)CCN(C(=O)C2CCC2)C1. The van der Waals surface area contributed by atoms with Crippen LogP contribution in [-0.2, 0) is 16.0 Å². The van der Waals surface area contributed by atoms with Crippen LogP contribution in [0, 0.1) is 11.3 Å². The Labute approximate surface area is 170 Å². The van der Waals surface area contributed by atoms with Crippen molar-refractivity contribution in [2.45, 2.75) is 39.0 Å². The van der Waals surface area contributed by atoms with Gasteiger partial charge in [0.2, 0.25) is 11.8 Å². The first-order chi connectivity index (χ1) is 13.6. The molecule has 0 unspecified atom stereocenters. The quantitative estimate of drug-likeness (QED) is 0.799. The number of nitrogens with one attached hydrogen (secondary N) is 1. The van der Waals surface area contributed by atoms with Gasteiger partial charge in [-0.3, -0.25) is 9.59 Å². The third-order valence-corrected chi connectivity index (χ3v) is 7.17. The number of benzene rings is 1. The number of carbonyl (C=O) groups excluding carboxylic acids is 2. The molecule has 1 aliphatic carbocycles. The Balaban J connectivity index is 1.61. The van der Waals surface area contributed by atoms with Crippen LogP contribution in [0.2, 0.25) is 0 Å². The predicted octanol–water partition coefficient (Wildman–Crippen LogP) is 4.11. The maximum Gasteiger partial charge on any atom is 0.228 e. The summed E-state index contributed by atoms with van der Waals surface area (Å²) >= 11 is 1.72. The minimum absolute atomic E-state index is 0.0832. The number of carbonyl (C=O) groups is 2. The van der Waals surface area contributed by atoms with Crippen molar-refractivity contribution in [1.82, 2.24) is 10.2 Å². The molecule has 2 fully saturated rings. The Morgan fingerprint density at radius 1 is 1.21 bits per heavy atom. The van der Waals surface area contributed by atoms with Crippen LogP contribution < -0.4 is 5.32 Å². The van der Waals surface area contributed by atoms with Crippen LogP contribution in [0.3, 0.4) is 0 Å². The minimum Gasteiger partial charge on any atom is -0.356 e. The number of hydrogen-bond donors (Lipinski definition) is 1. The van der Waals surface area contributed by atoms with Gasteiger partial charge in [-0.15, -0.1) is 11.3 Å². The number of amides is 2. The molecule has 0 radical (unpaired) electrons. The fraction of sp³-hybridized carbons (Fsp3) is 0.478. The molecule has 1 aromatic carbocycles. The van der Waals surface area contributed by atoms with Crippen molar-refractivity contribution >= 4 is 23.2 Å². The van der Waals surface area contributed by atoms with Crippen LogP contribution >= 0.6 is 11.3 Å². The molecule has 1 aromatic heterocycles. The summed E-state index contributed by atoms with van der Waals surface area (Å²) in [6, 6.07) is 12.6. The lowest BCUT2D eigenvalue weighted by molar-refractivity contribution is -0.138. The van der Waals surface area contributed by atoms with Crippen molar-refractivity contribution in [3.05, 3.63) is 47.3 Å². The highest BCUT2D eigenvalue weighted by atomic mass is 32.1. The third-order valence-electron chi connectivity index (χ3n) is 6.27. The third kappa shape index (κ3) is 3.60. The largest absolute Gasteiger partial charge is 0.356 e. The molecule has 1 saturated heterocycles. The van der Waals surface area contributed by atoms with E-state index < -0.39 is 5.41 Å². The first-order valence-corrected chi connectivity index (χ1v) is 11.2. The molecule has 4 nitrogen and oxygen atoms in total. The normalized spacial score (nSPS) is 22.1. The predicted molar refractivity (Wildman–Crippen MR) is 113 cm³/mol. The molecule has 5 heteroatoms. The van der Waals surface area contributed by atoms with Gasteiger partial charge >= 0.3 is 0 Å². The monoisotopic (exact) mass is 396 g/mol. The first kappa shape index (κ1) is 19.2. The zero-order chi connectivity index (χ0) is 19.6. The lowest BCUT2D eigenvalue weighted by atomic mass is 9.78. The highest BCUT2D eigenvalue weighted by molar-refractivity contribution is 7.13. The molecular weight excluding hydrogens is 368 g/mol. The Hall–Kier alpha value is -2.14. The maximum absolute atomic E-state index is 13.1. The molecule has 2 amide bonds. The molecule has 1 N–H and O–H groups in total. The number of nitrogens with zero attached hydrogens (tertiary/aromatic N) is 1. The van der Waals surface area contributed by atoms with Gasteiger partial charge in [-0.2, -0.15) is 0 Å². The average Bonchev–Trinajstić information content (AvgIpc) is 3.32. The minimum atomic E-state index is -0.539. The topological polar surface area (TPSA) is 49.4 Å². The van der Waals surface area contributed by atoms with Gasteiger partial charge in [-0.25, -0.2) is 0 Å². The Morgan fingerprint density at radius 2 is 2.04 bits per heavy atom. The van der Waals surface area contributed by atoms with E-state index in [0.29, 0.717) is 26.1 Å². The molecule has 2 aromatic rings. The average molecular weight is 397 g/mol. The molecule has 28 heavy (non-hydrogen) atoms. The Bertz CT molecular complexity index is 844. The standard InChI is InChI=1S/C23H28N2O2S/c1-2-24-22(27)23(12-13-25(16-23)21(26)17-8-5-9-17)15-18-7-3-4-10-19(18)20-11-6-14-28-20/h3-4,6-7,10-11,14,17H,2,5,8-9,12-13,15-16H2,1H3,(H,24,27)/t23-/m1/s1. The molecule has 0 bridgehead atoms. The van der Waals surface area contributed by atoms with E-state index in [-0.39, 0.29) is 17.7 Å². The number of likely N-dealkylation sites (tertiary alicyclic amines) is 1. The van der Waals surface area contributed by atoms with E-state index in [9.17, 15) is 9.59 Å². The van der Waals surface area contributed by atoms with Crippen LogP contribution in [0.5, 0.6) is 0 Å². The number of thiophene rings is 1. The van der Waals surface area contributed by atoms with Crippen LogP contribution in [-0.4, -0.2) is 36.3 Å². The van der Waals surface area contributed by atoms with Gasteiger partial charge < -0.3 is 10.2 Å². The van der Waals surface area contributed by atoms with E-state index in [2.05, 4.69) is 41.0 Å². The van der Waals surface area contributed by atoms with E-state index in [1.165, 1.54) is 16.0 Å². The molecule has 2 heterocycles.